The lowest BCUT2D eigenvalue weighted by Crippen LogP contribution is -2.15. The average molecular weight is 302 g/mol. The molecule has 0 fully saturated rings. The van der Waals surface area contributed by atoms with E-state index in [1.807, 2.05) is 0 Å². The number of aromatic amines is 1. The van der Waals surface area contributed by atoms with Crippen LogP contribution in [-0.4, -0.2) is 27.0 Å². The highest BCUT2D eigenvalue weighted by atomic mass is 32.2. The van der Waals surface area contributed by atoms with Crippen molar-refractivity contribution in [2.75, 3.05) is 4.72 Å². The number of nitrogens with two attached hydrogens (primary N) is 1. The molecule has 0 aliphatic heterocycles. The Labute approximate surface area is 109 Å². The number of sulfonamides is 2. The molecule has 0 saturated carbocycles. The molecule has 0 bridgehead atoms. The average Bonchev–Trinajstić information content (AvgIpc) is 2.81. The van der Waals surface area contributed by atoms with Gasteiger partial charge in [-0.15, -0.1) is 0 Å². The van der Waals surface area contributed by atoms with E-state index in [0.29, 0.717) is 0 Å². The largest absolute Gasteiger partial charge is 0.284 e. The molecule has 0 atom stereocenters. The van der Waals surface area contributed by atoms with Crippen LogP contribution in [0, 0.1) is 0 Å². The van der Waals surface area contributed by atoms with E-state index in [1.54, 1.807) is 0 Å². The Morgan fingerprint density at radius 3 is 2.47 bits per heavy atom. The second kappa shape index (κ2) is 4.64. The van der Waals surface area contributed by atoms with E-state index < -0.39 is 20.0 Å². The lowest BCUT2D eigenvalue weighted by atomic mass is 10.3. The van der Waals surface area contributed by atoms with Crippen LogP contribution in [0.3, 0.4) is 0 Å². The van der Waals surface area contributed by atoms with Crippen LogP contribution in [0.25, 0.3) is 0 Å². The molecule has 10 heteroatoms. The van der Waals surface area contributed by atoms with E-state index in [9.17, 15) is 16.8 Å². The van der Waals surface area contributed by atoms with Crippen LogP contribution < -0.4 is 9.86 Å². The summed E-state index contributed by atoms with van der Waals surface area (Å²) >= 11 is 0. The van der Waals surface area contributed by atoms with Gasteiger partial charge in [0, 0.05) is 6.20 Å². The molecule has 4 N–H and O–H groups in total. The molecule has 0 saturated heterocycles. The molecule has 1 aromatic carbocycles. The number of nitrogens with zero attached hydrogens (tertiary/aromatic N) is 1. The Morgan fingerprint density at radius 2 is 1.89 bits per heavy atom. The zero-order chi connectivity index (χ0) is 14.1. The number of benzene rings is 1. The van der Waals surface area contributed by atoms with Crippen molar-refractivity contribution in [2.45, 2.75) is 9.79 Å². The highest BCUT2D eigenvalue weighted by Gasteiger charge is 2.16. The molecule has 0 aliphatic carbocycles. The third-order valence-corrected chi connectivity index (χ3v) is 4.46. The Kier molecular flexibility index (Phi) is 3.30. The van der Waals surface area contributed by atoms with Crippen LogP contribution in [0.15, 0.2) is 46.5 Å². The van der Waals surface area contributed by atoms with E-state index >= 15 is 0 Å². The minimum Gasteiger partial charge on any atom is -0.284 e. The maximum Gasteiger partial charge on any atom is 0.265 e. The monoisotopic (exact) mass is 302 g/mol. The first-order chi connectivity index (χ1) is 8.79. The number of hydrogen-bond acceptors (Lipinski definition) is 5. The minimum absolute atomic E-state index is 0.0616. The Hall–Kier alpha value is -1.91. The quantitative estimate of drug-likeness (QED) is 0.722. The van der Waals surface area contributed by atoms with Crippen LogP contribution in [0.4, 0.5) is 5.69 Å². The van der Waals surface area contributed by atoms with Crippen molar-refractivity contribution in [3.63, 3.8) is 0 Å². The molecule has 2 aromatic rings. The van der Waals surface area contributed by atoms with Gasteiger partial charge in [0.1, 0.15) is 4.90 Å². The molecular weight excluding hydrogens is 292 g/mol. The third kappa shape index (κ3) is 3.10. The molecular formula is C9H10N4O4S2. The number of nitrogens with one attached hydrogen (secondary N) is 2. The van der Waals surface area contributed by atoms with Gasteiger partial charge in [0.05, 0.1) is 16.8 Å². The molecule has 0 spiro atoms. The van der Waals surface area contributed by atoms with Gasteiger partial charge in [0.15, 0.2) is 0 Å². The van der Waals surface area contributed by atoms with Crippen molar-refractivity contribution in [1.29, 1.82) is 0 Å². The number of hydrogen-bond donors (Lipinski definition) is 3. The van der Waals surface area contributed by atoms with Crippen molar-refractivity contribution >= 4 is 25.7 Å². The van der Waals surface area contributed by atoms with Gasteiger partial charge in [-0.3, -0.25) is 9.82 Å². The molecule has 0 radical (unpaired) electrons. The summed E-state index contributed by atoms with van der Waals surface area (Å²) in [5.74, 6) is 0. The molecule has 1 aromatic heterocycles. The first-order valence-electron chi connectivity index (χ1n) is 4.93. The summed E-state index contributed by atoms with van der Waals surface area (Å²) in [6.07, 6.45) is 2.33. The van der Waals surface area contributed by atoms with Gasteiger partial charge in [-0.05, 0) is 18.2 Å². The van der Waals surface area contributed by atoms with E-state index in [4.69, 9.17) is 5.14 Å². The molecule has 1 heterocycles. The normalized spacial score (nSPS) is 12.3. The van der Waals surface area contributed by atoms with E-state index in [1.165, 1.54) is 24.4 Å². The van der Waals surface area contributed by atoms with Gasteiger partial charge < -0.3 is 0 Å². The van der Waals surface area contributed by atoms with E-state index in [0.717, 1.165) is 12.3 Å². The zero-order valence-corrected chi connectivity index (χ0v) is 11.1. The number of aromatic nitrogens is 2. The molecule has 2 rings (SSSR count). The summed E-state index contributed by atoms with van der Waals surface area (Å²) in [6.45, 7) is 0. The SMILES string of the molecule is NS(=O)(=O)c1cccc(NS(=O)(=O)c2cn[nH]c2)c1. The first kappa shape index (κ1) is 13.5. The lowest BCUT2D eigenvalue weighted by molar-refractivity contribution is 0.596. The smallest absolute Gasteiger partial charge is 0.265 e. The molecule has 0 unspecified atom stereocenters. The van der Waals surface area contributed by atoms with Gasteiger partial charge in [-0.25, -0.2) is 22.0 Å². The number of H-pyrrole nitrogens is 1. The second-order valence-electron chi connectivity index (χ2n) is 3.61. The Morgan fingerprint density at radius 1 is 1.16 bits per heavy atom. The Bertz CT molecular complexity index is 781. The maximum atomic E-state index is 11.9. The molecule has 102 valence electrons. The summed E-state index contributed by atoms with van der Waals surface area (Å²) in [6, 6.07) is 5.19. The van der Waals surface area contributed by atoms with Gasteiger partial charge in [0.2, 0.25) is 10.0 Å². The Balaban J connectivity index is 2.35. The van der Waals surface area contributed by atoms with Crippen LogP contribution >= 0.6 is 0 Å². The number of rotatable bonds is 4. The van der Waals surface area contributed by atoms with Crippen molar-refractivity contribution < 1.29 is 16.8 Å². The van der Waals surface area contributed by atoms with Crippen molar-refractivity contribution in [1.82, 2.24) is 10.2 Å². The summed E-state index contributed by atoms with van der Waals surface area (Å²) in [4.78, 5) is -0.242. The molecule has 0 amide bonds. The third-order valence-electron chi connectivity index (χ3n) is 2.20. The van der Waals surface area contributed by atoms with E-state index in [2.05, 4.69) is 14.9 Å². The lowest BCUT2D eigenvalue weighted by Gasteiger charge is -2.07. The zero-order valence-electron chi connectivity index (χ0n) is 9.44. The fourth-order valence-electron chi connectivity index (χ4n) is 1.34. The van der Waals surface area contributed by atoms with E-state index in [-0.39, 0.29) is 15.5 Å². The first-order valence-corrected chi connectivity index (χ1v) is 7.96. The molecule has 0 aliphatic rings. The van der Waals surface area contributed by atoms with Crippen LogP contribution in [0.1, 0.15) is 0 Å². The minimum atomic E-state index is -3.89. The topological polar surface area (TPSA) is 135 Å². The molecule has 19 heavy (non-hydrogen) atoms. The fourth-order valence-corrected chi connectivity index (χ4v) is 2.85. The summed E-state index contributed by atoms with van der Waals surface area (Å²) in [5, 5.41) is 10.9. The van der Waals surface area contributed by atoms with Gasteiger partial charge >= 0.3 is 0 Å². The standard InChI is InChI=1S/C9H10N4O4S2/c10-18(14,15)8-3-1-2-7(4-8)13-19(16,17)9-5-11-12-6-9/h1-6,13H,(H,11,12)(H2,10,14,15). The van der Waals surface area contributed by atoms with Crippen molar-refractivity contribution in [3.05, 3.63) is 36.7 Å². The highest BCUT2D eigenvalue weighted by molar-refractivity contribution is 7.92. The predicted octanol–water partition coefficient (Wildman–Crippen LogP) is -0.142. The summed E-state index contributed by atoms with van der Waals surface area (Å²) in [5.41, 5.74) is 0.0905. The van der Waals surface area contributed by atoms with Crippen molar-refractivity contribution in [2.24, 2.45) is 5.14 Å². The van der Waals surface area contributed by atoms with Crippen LogP contribution in [0.2, 0.25) is 0 Å². The van der Waals surface area contributed by atoms with Gasteiger partial charge in [0.25, 0.3) is 10.0 Å². The summed E-state index contributed by atoms with van der Waals surface area (Å²) < 4.78 is 48.3. The summed E-state index contributed by atoms with van der Waals surface area (Å²) in [7, 11) is -7.70. The molecule has 8 nitrogen and oxygen atoms in total. The van der Waals surface area contributed by atoms with Crippen LogP contribution in [0.5, 0.6) is 0 Å². The van der Waals surface area contributed by atoms with Crippen LogP contribution in [-0.2, 0) is 20.0 Å². The maximum absolute atomic E-state index is 11.9. The second-order valence-corrected chi connectivity index (χ2v) is 6.86. The predicted molar refractivity (Wildman–Crippen MR) is 67.2 cm³/mol. The number of anilines is 1. The highest BCUT2D eigenvalue weighted by Crippen LogP contribution is 2.18. The van der Waals surface area contributed by atoms with Gasteiger partial charge in [-0.2, -0.15) is 5.10 Å². The van der Waals surface area contributed by atoms with Gasteiger partial charge in [-0.1, -0.05) is 6.07 Å². The number of primary sulfonamides is 1. The fraction of sp³-hybridized carbons (Fsp3) is 0. The van der Waals surface area contributed by atoms with Crippen molar-refractivity contribution in [3.8, 4) is 0 Å².